The van der Waals surface area contributed by atoms with Gasteiger partial charge in [0.2, 0.25) is 5.91 Å². The first-order valence-corrected chi connectivity index (χ1v) is 6.77. The molecule has 0 bridgehead atoms. The molecule has 0 aliphatic carbocycles. The highest BCUT2D eigenvalue weighted by atomic mass is 16.5. The van der Waals surface area contributed by atoms with Crippen molar-refractivity contribution in [2.45, 2.75) is 19.8 Å². The van der Waals surface area contributed by atoms with Crippen molar-refractivity contribution in [1.82, 2.24) is 20.0 Å². The number of carbonyl (C=O) groups excluding carboxylic acids is 2. The first-order valence-electron chi connectivity index (χ1n) is 6.77. The molecular formula is C13H15N5O3. The molecule has 1 aliphatic rings. The van der Waals surface area contributed by atoms with E-state index in [1.165, 1.54) is 11.3 Å². The lowest BCUT2D eigenvalue weighted by molar-refractivity contribution is -0.126. The number of anilines is 1. The Kier molecular flexibility index (Phi) is 3.43. The van der Waals surface area contributed by atoms with Crippen LogP contribution in [0.5, 0.6) is 0 Å². The van der Waals surface area contributed by atoms with Crippen molar-refractivity contribution >= 4 is 28.7 Å². The summed E-state index contributed by atoms with van der Waals surface area (Å²) < 4.78 is 4.94. The number of fused-ring (bicyclic) bond motifs is 1. The lowest BCUT2D eigenvalue weighted by Gasteiger charge is -2.17. The van der Waals surface area contributed by atoms with E-state index in [0.717, 1.165) is 6.42 Å². The van der Waals surface area contributed by atoms with Crippen molar-refractivity contribution < 1.29 is 14.3 Å². The first kappa shape index (κ1) is 13.3. The summed E-state index contributed by atoms with van der Waals surface area (Å²) in [5.74, 6) is 0.0728. The molecule has 21 heavy (non-hydrogen) atoms. The standard InChI is InChI=1S/C13H15N5O3/c1-2-21-13(20)9-6-8-11(16-9)14-7-15-12(8)17-18-5-3-4-10(18)19/h6-7H,2-5H2,1H3,(H2,14,15,16,17). The second kappa shape index (κ2) is 5.39. The summed E-state index contributed by atoms with van der Waals surface area (Å²) in [4.78, 5) is 34.5. The predicted octanol–water partition coefficient (Wildman–Crippen LogP) is 1.08. The van der Waals surface area contributed by atoms with Crippen LogP contribution in [0, 0.1) is 0 Å². The molecule has 8 heteroatoms. The van der Waals surface area contributed by atoms with Gasteiger partial charge in [0.1, 0.15) is 17.7 Å². The number of hydrogen-bond donors (Lipinski definition) is 2. The third-order valence-corrected chi connectivity index (χ3v) is 3.24. The molecule has 0 unspecified atom stereocenters. The predicted molar refractivity (Wildman–Crippen MR) is 74.4 cm³/mol. The van der Waals surface area contributed by atoms with Gasteiger partial charge in [0, 0.05) is 13.0 Å². The summed E-state index contributed by atoms with van der Waals surface area (Å²) in [6.45, 7) is 2.68. The van der Waals surface area contributed by atoms with Gasteiger partial charge in [-0.3, -0.25) is 15.2 Å². The summed E-state index contributed by atoms with van der Waals surface area (Å²) in [5, 5.41) is 2.17. The van der Waals surface area contributed by atoms with E-state index >= 15 is 0 Å². The molecular weight excluding hydrogens is 274 g/mol. The molecule has 8 nitrogen and oxygen atoms in total. The van der Waals surface area contributed by atoms with Crippen LogP contribution in [-0.4, -0.2) is 45.0 Å². The Morgan fingerprint density at radius 2 is 2.38 bits per heavy atom. The van der Waals surface area contributed by atoms with E-state index in [1.54, 1.807) is 13.0 Å². The molecule has 3 heterocycles. The molecule has 1 saturated heterocycles. The van der Waals surface area contributed by atoms with Gasteiger partial charge in [0.05, 0.1) is 12.0 Å². The van der Waals surface area contributed by atoms with E-state index in [1.807, 2.05) is 0 Å². The number of ether oxygens (including phenoxy) is 1. The normalized spacial score (nSPS) is 14.7. The minimum Gasteiger partial charge on any atom is -0.461 e. The lowest BCUT2D eigenvalue weighted by atomic mass is 10.3. The summed E-state index contributed by atoms with van der Waals surface area (Å²) >= 11 is 0. The Hall–Kier alpha value is -2.64. The van der Waals surface area contributed by atoms with E-state index in [4.69, 9.17) is 4.74 Å². The number of carbonyl (C=O) groups is 2. The fraction of sp³-hybridized carbons (Fsp3) is 0.385. The Labute approximate surface area is 120 Å². The minimum absolute atomic E-state index is 0.0305. The summed E-state index contributed by atoms with van der Waals surface area (Å²) in [5.41, 5.74) is 3.80. The fourth-order valence-electron chi connectivity index (χ4n) is 2.24. The Bertz CT molecular complexity index is 696. The maximum atomic E-state index is 11.7. The number of aromatic nitrogens is 3. The molecule has 0 saturated carbocycles. The van der Waals surface area contributed by atoms with Crippen molar-refractivity contribution in [2.75, 3.05) is 18.6 Å². The van der Waals surface area contributed by atoms with E-state index in [-0.39, 0.29) is 5.91 Å². The molecule has 3 rings (SSSR count). The van der Waals surface area contributed by atoms with Crippen molar-refractivity contribution in [3.63, 3.8) is 0 Å². The SMILES string of the molecule is CCOC(=O)c1cc2c(NN3CCCC3=O)ncnc2[nH]1. The van der Waals surface area contributed by atoms with Crippen LogP contribution in [0.4, 0.5) is 5.82 Å². The molecule has 110 valence electrons. The van der Waals surface area contributed by atoms with Crippen molar-refractivity contribution in [3.8, 4) is 0 Å². The number of rotatable bonds is 4. The van der Waals surface area contributed by atoms with Gasteiger partial charge < -0.3 is 9.72 Å². The second-order valence-corrected chi connectivity index (χ2v) is 4.65. The second-order valence-electron chi connectivity index (χ2n) is 4.65. The zero-order chi connectivity index (χ0) is 14.8. The number of aromatic amines is 1. The molecule has 0 atom stereocenters. The van der Waals surface area contributed by atoms with E-state index in [0.29, 0.717) is 42.1 Å². The third kappa shape index (κ3) is 2.51. The molecule has 1 fully saturated rings. The number of nitrogens with one attached hydrogen (secondary N) is 2. The highest BCUT2D eigenvalue weighted by Crippen LogP contribution is 2.22. The lowest BCUT2D eigenvalue weighted by Crippen LogP contribution is -2.31. The highest BCUT2D eigenvalue weighted by Gasteiger charge is 2.22. The van der Waals surface area contributed by atoms with Crippen LogP contribution >= 0.6 is 0 Å². The van der Waals surface area contributed by atoms with Gasteiger partial charge >= 0.3 is 5.97 Å². The largest absolute Gasteiger partial charge is 0.461 e. The smallest absolute Gasteiger partial charge is 0.354 e. The van der Waals surface area contributed by atoms with Gasteiger partial charge in [0.25, 0.3) is 0 Å². The third-order valence-electron chi connectivity index (χ3n) is 3.24. The summed E-state index contributed by atoms with van der Waals surface area (Å²) in [6.07, 6.45) is 2.72. The van der Waals surface area contributed by atoms with Crippen LogP contribution in [0.25, 0.3) is 11.0 Å². The van der Waals surface area contributed by atoms with Gasteiger partial charge in [-0.15, -0.1) is 0 Å². The zero-order valence-electron chi connectivity index (χ0n) is 11.5. The average Bonchev–Trinajstić information content (AvgIpc) is 3.07. The van der Waals surface area contributed by atoms with Crippen LogP contribution < -0.4 is 5.43 Å². The fourth-order valence-corrected chi connectivity index (χ4v) is 2.24. The van der Waals surface area contributed by atoms with Gasteiger partial charge in [-0.1, -0.05) is 0 Å². The van der Waals surface area contributed by atoms with Crippen LogP contribution in [-0.2, 0) is 9.53 Å². The van der Waals surface area contributed by atoms with Crippen molar-refractivity contribution in [2.24, 2.45) is 0 Å². The van der Waals surface area contributed by atoms with E-state index < -0.39 is 5.97 Å². The molecule has 1 amide bonds. The maximum Gasteiger partial charge on any atom is 0.354 e. The summed E-state index contributed by atoms with van der Waals surface area (Å²) in [7, 11) is 0. The molecule has 2 N–H and O–H groups in total. The number of esters is 1. The molecule has 0 radical (unpaired) electrons. The number of nitrogens with zero attached hydrogens (tertiary/aromatic N) is 3. The number of hydrazine groups is 1. The number of hydrogen-bond acceptors (Lipinski definition) is 6. The van der Waals surface area contributed by atoms with Gasteiger partial charge in [0.15, 0.2) is 5.82 Å². The number of amides is 1. The van der Waals surface area contributed by atoms with Crippen LogP contribution in [0.1, 0.15) is 30.3 Å². The molecule has 0 aromatic carbocycles. The Balaban J connectivity index is 1.92. The molecule has 0 spiro atoms. The highest BCUT2D eigenvalue weighted by molar-refractivity contribution is 5.97. The quantitative estimate of drug-likeness (QED) is 0.817. The van der Waals surface area contributed by atoms with Gasteiger partial charge in [-0.05, 0) is 19.4 Å². The Morgan fingerprint density at radius 1 is 1.52 bits per heavy atom. The molecule has 2 aromatic heterocycles. The first-order chi connectivity index (χ1) is 10.2. The van der Waals surface area contributed by atoms with Crippen LogP contribution in [0.15, 0.2) is 12.4 Å². The maximum absolute atomic E-state index is 11.7. The van der Waals surface area contributed by atoms with Crippen molar-refractivity contribution in [1.29, 1.82) is 0 Å². The van der Waals surface area contributed by atoms with Gasteiger partial charge in [-0.2, -0.15) is 0 Å². The zero-order valence-corrected chi connectivity index (χ0v) is 11.5. The minimum atomic E-state index is -0.446. The Morgan fingerprint density at radius 3 is 3.10 bits per heavy atom. The van der Waals surface area contributed by atoms with Crippen LogP contribution in [0.2, 0.25) is 0 Å². The number of H-pyrrole nitrogens is 1. The van der Waals surface area contributed by atoms with E-state index in [9.17, 15) is 9.59 Å². The monoisotopic (exact) mass is 289 g/mol. The molecule has 2 aromatic rings. The topological polar surface area (TPSA) is 100 Å². The van der Waals surface area contributed by atoms with Crippen molar-refractivity contribution in [3.05, 3.63) is 18.1 Å². The summed E-state index contributed by atoms with van der Waals surface area (Å²) in [6, 6.07) is 1.62. The average molecular weight is 289 g/mol. The van der Waals surface area contributed by atoms with Gasteiger partial charge in [-0.25, -0.2) is 14.8 Å². The van der Waals surface area contributed by atoms with E-state index in [2.05, 4.69) is 20.4 Å². The molecule has 1 aliphatic heterocycles. The van der Waals surface area contributed by atoms with Crippen LogP contribution in [0.3, 0.4) is 0 Å².